The van der Waals surface area contributed by atoms with Crippen LogP contribution in [0.25, 0.3) is 0 Å². The zero-order valence-electron chi connectivity index (χ0n) is 10.5. The van der Waals surface area contributed by atoms with E-state index in [1.165, 1.54) is 12.1 Å². The van der Waals surface area contributed by atoms with Crippen LogP contribution in [0.3, 0.4) is 0 Å². The lowest BCUT2D eigenvalue weighted by atomic mass is 10.1. The molecular formula is C13H17N3O2. The minimum absolute atomic E-state index is 0.121. The number of rotatable bonds is 7. The molecule has 0 radical (unpaired) electrons. The minimum atomic E-state index is -0.394. The maximum Gasteiger partial charge on any atom is 0.269 e. The van der Waals surface area contributed by atoms with Crippen molar-refractivity contribution in [1.82, 2.24) is 4.90 Å². The van der Waals surface area contributed by atoms with Gasteiger partial charge in [0.05, 0.1) is 11.0 Å². The number of hydrogen-bond donors (Lipinski definition) is 0. The zero-order valence-corrected chi connectivity index (χ0v) is 10.5. The first-order valence-corrected chi connectivity index (χ1v) is 6.00. The van der Waals surface area contributed by atoms with Gasteiger partial charge >= 0.3 is 0 Å². The third kappa shape index (κ3) is 4.52. The van der Waals surface area contributed by atoms with E-state index in [1.807, 2.05) is 0 Å². The van der Waals surface area contributed by atoms with Gasteiger partial charge in [-0.3, -0.25) is 10.1 Å². The van der Waals surface area contributed by atoms with Crippen molar-refractivity contribution in [3.8, 4) is 6.07 Å². The molecule has 0 N–H and O–H groups in total. The monoisotopic (exact) mass is 247 g/mol. The Hall–Kier alpha value is -1.93. The van der Waals surface area contributed by atoms with E-state index >= 15 is 0 Å². The fourth-order valence-electron chi connectivity index (χ4n) is 1.71. The van der Waals surface area contributed by atoms with E-state index in [-0.39, 0.29) is 5.69 Å². The van der Waals surface area contributed by atoms with Crippen molar-refractivity contribution in [2.45, 2.75) is 19.8 Å². The smallest absolute Gasteiger partial charge is 0.269 e. The van der Waals surface area contributed by atoms with Crippen LogP contribution in [0.1, 0.15) is 18.9 Å². The Balaban J connectivity index is 2.47. The molecule has 96 valence electrons. The Morgan fingerprint density at radius 3 is 2.50 bits per heavy atom. The Labute approximate surface area is 107 Å². The molecule has 0 unspecified atom stereocenters. The third-order valence-electron chi connectivity index (χ3n) is 2.85. The number of likely N-dealkylation sites (N-methyl/N-ethyl adjacent to an activating group) is 1. The lowest BCUT2D eigenvalue weighted by molar-refractivity contribution is -0.384. The molecule has 0 atom stereocenters. The molecule has 0 aliphatic heterocycles. The number of nitrogens with zero attached hydrogens (tertiary/aromatic N) is 3. The van der Waals surface area contributed by atoms with Crippen LogP contribution in [-0.2, 0) is 6.42 Å². The predicted octanol–water partition coefficient (Wildman–Crippen LogP) is 2.37. The largest absolute Gasteiger partial charge is 0.302 e. The lowest BCUT2D eigenvalue weighted by Crippen LogP contribution is -2.26. The summed E-state index contributed by atoms with van der Waals surface area (Å²) in [5.41, 5.74) is 1.20. The summed E-state index contributed by atoms with van der Waals surface area (Å²) >= 11 is 0. The van der Waals surface area contributed by atoms with Crippen molar-refractivity contribution < 1.29 is 4.92 Å². The van der Waals surface area contributed by atoms with Crippen LogP contribution >= 0.6 is 0 Å². The molecular weight excluding hydrogens is 230 g/mol. The highest BCUT2D eigenvalue weighted by Crippen LogP contribution is 2.12. The molecule has 18 heavy (non-hydrogen) atoms. The molecule has 0 spiro atoms. The molecule has 0 saturated carbocycles. The molecule has 0 fully saturated rings. The van der Waals surface area contributed by atoms with Gasteiger partial charge in [0, 0.05) is 31.6 Å². The molecule has 0 aromatic heterocycles. The molecule has 1 rings (SSSR count). The Morgan fingerprint density at radius 2 is 2.00 bits per heavy atom. The summed E-state index contributed by atoms with van der Waals surface area (Å²) in [7, 11) is 0. The Bertz CT molecular complexity index is 423. The van der Waals surface area contributed by atoms with Crippen LogP contribution in [-0.4, -0.2) is 29.5 Å². The molecule has 0 saturated heterocycles. The summed E-state index contributed by atoms with van der Waals surface area (Å²) in [6, 6.07) is 8.77. The molecule has 1 aromatic rings. The SMILES string of the molecule is CCN(CCC#N)CCc1ccc([N+](=O)[O-])cc1. The van der Waals surface area contributed by atoms with Crippen molar-refractivity contribution in [3.05, 3.63) is 39.9 Å². The maximum atomic E-state index is 10.5. The number of nitro groups is 1. The predicted molar refractivity (Wildman–Crippen MR) is 69.1 cm³/mol. The fourth-order valence-corrected chi connectivity index (χ4v) is 1.71. The second-order valence-corrected chi connectivity index (χ2v) is 4.02. The highest BCUT2D eigenvalue weighted by Gasteiger charge is 2.05. The average Bonchev–Trinajstić information content (AvgIpc) is 2.39. The van der Waals surface area contributed by atoms with E-state index in [0.29, 0.717) is 6.42 Å². The van der Waals surface area contributed by atoms with Gasteiger partial charge in [0.25, 0.3) is 5.69 Å². The minimum Gasteiger partial charge on any atom is -0.302 e. The van der Waals surface area contributed by atoms with Gasteiger partial charge in [-0.25, -0.2) is 0 Å². The van der Waals surface area contributed by atoms with E-state index in [0.717, 1.165) is 31.6 Å². The van der Waals surface area contributed by atoms with Gasteiger partial charge in [-0.2, -0.15) is 5.26 Å². The number of nitriles is 1. The van der Waals surface area contributed by atoms with Crippen LogP contribution in [0, 0.1) is 21.4 Å². The van der Waals surface area contributed by atoms with Crippen molar-refractivity contribution in [1.29, 1.82) is 5.26 Å². The van der Waals surface area contributed by atoms with Gasteiger partial charge in [0.2, 0.25) is 0 Å². The highest BCUT2D eigenvalue weighted by atomic mass is 16.6. The van der Waals surface area contributed by atoms with Gasteiger partial charge in [0.15, 0.2) is 0 Å². The van der Waals surface area contributed by atoms with Gasteiger partial charge < -0.3 is 4.90 Å². The Morgan fingerprint density at radius 1 is 1.33 bits per heavy atom. The first-order chi connectivity index (χ1) is 8.67. The topological polar surface area (TPSA) is 70.2 Å². The number of hydrogen-bond acceptors (Lipinski definition) is 4. The second-order valence-electron chi connectivity index (χ2n) is 4.02. The third-order valence-corrected chi connectivity index (χ3v) is 2.85. The first kappa shape index (κ1) is 14.1. The van der Waals surface area contributed by atoms with E-state index in [4.69, 9.17) is 5.26 Å². The molecule has 1 aromatic carbocycles. The van der Waals surface area contributed by atoms with Crippen LogP contribution in [0.4, 0.5) is 5.69 Å². The number of non-ortho nitro benzene ring substituents is 1. The molecule has 0 amide bonds. The normalized spacial score (nSPS) is 10.3. The van der Waals surface area contributed by atoms with Gasteiger partial charge in [-0.05, 0) is 18.5 Å². The van der Waals surface area contributed by atoms with Crippen molar-refractivity contribution in [2.24, 2.45) is 0 Å². The second kappa shape index (κ2) is 7.41. The van der Waals surface area contributed by atoms with Crippen LogP contribution < -0.4 is 0 Å². The summed E-state index contributed by atoms with van der Waals surface area (Å²) in [4.78, 5) is 12.3. The van der Waals surface area contributed by atoms with Gasteiger partial charge in [-0.1, -0.05) is 19.1 Å². The Kier molecular flexibility index (Phi) is 5.81. The maximum absolute atomic E-state index is 10.5. The van der Waals surface area contributed by atoms with Crippen molar-refractivity contribution in [3.63, 3.8) is 0 Å². The molecule has 0 aliphatic rings. The number of benzene rings is 1. The van der Waals surface area contributed by atoms with Crippen LogP contribution in [0.15, 0.2) is 24.3 Å². The fraction of sp³-hybridized carbons (Fsp3) is 0.462. The van der Waals surface area contributed by atoms with Crippen LogP contribution in [0.2, 0.25) is 0 Å². The first-order valence-electron chi connectivity index (χ1n) is 6.00. The molecule has 0 aliphatic carbocycles. The standard InChI is InChI=1S/C13H17N3O2/c1-2-15(10-3-9-14)11-8-12-4-6-13(7-5-12)16(17)18/h4-7H,2-3,8,10-11H2,1H3. The molecule has 5 nitrogen and oxygen atoms in total. The van der Waals surface area contributed by atoms with Crippen LogP contribution in [0.5, 0.6) is 0 Å². The quantitative estimate of drug-likeness (QED) is 0.548. The van der Waals surface area contributed by atoms with Gasteiger partial charge in [-0.15, -0.1) is 0 Å². The van der Waals surface area contributed by atoms with Crippen molar-refractivity contribution in [2.75, 3.05) is 19.6 Å². The average molecular weight is 247 g/mol. The molecule has 0 heterocycles. The van der Waals surface area contributed by atoms with Gasteiger partial charge in [0.1, 0.15) is 0 Å². The lowest BCUT2D eigenvalue weighted by Gasteiger charge is -2.18. The highest BCUT2D eigenvalue weighted by molar-refractivity contribution is 5.32. The van der Waals surface area contributed by atoms with E-state index in [2.05, 4.69) is 17.9 Å². The van der Waals surface area contributed by atoms with Crippen molar-refractivity contribution >= 4 is 5.69 Å². The summed E-state index contributed by atoms with van der Waals surface area (Å²) in [5, 5.41) is 19.0. The van der Waals surface area contributed by atoms with E-state index < -0.39 is 4.92 Å². The van der Waals surface area contributed by atoms with E-state index in [9.17, 15) is 10.1 Å². The summed E-state index contributed by atoms with van der Waals surface area (Å²) in [5.74, 6) is 0. The van der Waals surface area contributed by atoms with E-state index in [1.54, 1.807) is 12.1 Å². The molecule has 5 heteroatoms. The summed E-state index contributed by atoms with van der Waals surface area (Å²) in [6.07, 6.45) is 1.38. The summed E-state index contributed by atoms with van der Waals surface area (Å²) < 4.78 is 0. The molecule has 0 bridgehead atoms. The summed E-state index contributed by atoms with van der Waals surface area (Å²) in [6.45, 7) is 4.62. The zero-order chi connectivity index (χ0) is 13.4. The number of nitro benzene ring substituents is 1.